The molecule has 0 bridgehead atoms. The van der Waals surface area contributed by atoms with Crippen molar-refractivity contribution >= 4 is 43.5 Å². The normalized spacial score (nSPS) is 12.5. The van der Waals surface area contributed by atoms with Crippen molar-refractivity contribution in [3.63, 3.8) is 0 Å². The van der Waals surface area contributed by atoms with Crippen LogP contribution in [0.1, 0.15) is 22.7 Å². The molecule has 0 aliphatic carbocycles. The van der Waals surface area contributed by atoms with Gasteiger partial charge in [-0.05, 0) is 58.2 Å². The van der Waals surface area contributed by atoms with Gasteiger partial charge in [-0.3, -0.25) is 0 Å². The minimum absolute atomic E-state index is 0.374. The van der Waals surface area contributed by atoms with Gasteiger partial charge in [0.05, 0.1) is 11.1 Å². The van der Waals surface area contributed by atoms with Crippen LogP contribution in [-0.4, -0.2) is 0 Å². The van der Waals surface area contributed by atoms with Gasteiger partial charge in [-0.25, -0.2) is 4.39 Å². The molecule has 2 rings (SSSR count). The van der Waals surface area contributed by atoms with E-state index >= 15 is 0 Å². The Morgan fingerprint density at radius 1 is 1.16 bits per heavy atom. The molecular weight excluding hydrogens is 396 g/mol. The quantitative estimate of drug-likeness (QED) is 0.667. The summed E-state index contributed by atoms with van der Waals surface area (Å²) in [5.74, 6) is -0.374. The second kappa shape index (κ2) is 5.92. The lowest BCUT2D eigenvalue weighted by atomic mass is 9.98. The van der Waals surface area contributed by atoms with Crippen molar-refractivity contribution < 1.29 is 4.39 Å². The van der Waals surface area contributed by atoms with Gasteiger partial charge in [0.25, 0.3) is 0 Å². The minimum Gasteiger partial charge on any atom is -0.320 e. The number of rotatable bonds is 2. The van der Waals surface area contributed by atoms with Crippen molar-refractivity contribution in [2.24, 2.45) is 5.73 Å². The van der Waals surface area contributed by atoms with E-state index in [1.54, 1.807) is 6.07 Å². The first kappa shape index (κ1) is 15.0. The molecule has 0 radical (unpaired) electrons. The van der Waals surface area contributed by atoms with Gasteiger partial charge in [0.1, 0.15) is 5.82 Å². The zero-order chi connectivity index (χ0) is 14.2. The summed E-state index contributed by atoms with van der Waals surface area (Å²) >= 11 is 12.6. The van der Waals surface area contributed by atoms with Crippen molar-refractivity contribution in [2.45, 2.75) is 13.0 Å². The molecule has 0 heterocycles. The summed E-state index contributed by atoms with van der Waals surface area (Å²) in [6.07, 6.45) is 0. The lowest BCUT2D eigenvalue weighted by Crippen LogP contribution is -2.14. The SMILES string of the molecule is Cc1cc(Br)cc(C(N)c2cc(Cl)c(Br)cc2F)c1. The molecule has 19 heavy (non-hydrogen) atoms. The van der Waals surface area contributed by atoms with E-state index in [2.05, 4.69) is 31.9 Å². The smallest absolute Gasteiger partial charge is 0.129 e. The number of halogens is 4. The summed E-state index contributed by atoms with van der Waals surface area (Å²) in [5.41, 5.74) is 8.42. The van der Waals surface area contributed by atoms with Crippen LogP contribution in [0.2, 0.25) is 5.02 Å². The van der Waals surface area contributed by atoms with Crippen molar-refractivity contribution in [3.8, 4) is 0 Å². The maximum Gasteiger partial charge on any atom is 0.129 e. The lowest BCUT2D eigenvalue weighted by Gasteiger charge is -2.15. The summed E-state index contributed by atoms with van der Waals surface area (Å²) in [6.45, 7) is 1.96. The Labute approximate surface area is 133 Å². The van der Waals surface area contributed by atoms with Crippen LogP contribution in [0.15, 0.2) is 39.3 Å². The molecule has 1 unspecified atom stereocenters. The third kappa shape index (κ3) is 3.37. The van der Waals surface area contributed by atoms with E-state index in [1.807, 2.05) is 25.1 Å². The predicted octanol–water partition coefficient (Wildman–Crippen LogP) is 5.36. The molecule has 2 aromatic carbocycles. The van der Waals surface area contributed by atoms with Gasteiger partial charge in [-0.15, -0.1) is 0 Å². The molecule has 100 valence electrons. The molecule has 5 heteroatoms. The third-order valence-electron chi connectivity index (χ3n) is 2.80. The summed E-state index contributed by atoms with van der Waals surface area (Å²) in [6, 6.07) is 8.13. The molecule has 1 atom stereocenters. The highest BCUT2D eigenvalue weighted by atomic mass is 79.9. The van der Waals surface area contributed by atoms with Crippen LogP contribution in [0, 0.1) is 12.7 Å². The van der Waals surface area contributed by atoms with Gasteiger partial charge in [-0.2, -0.15) is 0 Å². The summed E-state index contributed by atoms with van der Waals surface area (Å²) in [7, 11) is 0. The van der Waals surface area contributed by atoms with E-state index in [4.69, 9.17) is 17.3 Å². The summed E-state index contributed by atoms with van der Waals surface area (Å²) in [5, 5.41) is 0.443. The Bertz CT molecular complexity index is 611. The standard InChI is InChI=1S/C14H11Br2ClFN/c1-7-2-8(4-9(15)3-7)14(19)10-5-12(17)11(16)6-13(10)18/h2-6,14H,19H2,1H3. The number of hydrogen-bond acceptors (Lipinski definition) is 1. The van der Waals surface area contributed by atoms with E-state index in [0.717, 1.165) is 15.6 Å². The molecule has 2 N–H and O–H groups in total. The van der Waals surface area contributed by atoms with Crippen molar-refractivity contribution in [2.75, 3.05) is 0 Å². The Balaban J connectivity index is 2.49. The Hall–Kier alpha value is -0.420. The Kier molecular flexibility index (Phi) is 4.66. The highest BCUT2D eigenvalue weighted by molar-refractivity contribution is 9.10. The fourth-order valence-electron chi connectivity index (χ4n) is 1.90. The second-order valence-electron chi connectivity index (χ2n) is 4.33. The van der Waals surface area contributed by atoms with Crippen LogP contribution in [-0.2, 0) is 0 Å². The van der Waals surface area contributed by atoms with E-state index in [0.29, 0.717) is 15.1 Å². The maximum absolute atomic E-state index is 14.0. The molecule has 1 nitrogen and oxygen atoms in total. The molecule has 0 aliphatic heterocycles. The average Bonchev–Trinajstić information content (AvgIpc) is 2.31. The van der Waals surface area contributed by atoms with Gasteiger partial charge in [0.15, 0.2) is 0 Å². The van der Waals surface area contributed by atoms with Crippen molar-refractivity contribution in [1.82, 2.24) is 0 Å². The fraction of sp³-hybridized carbons (Fsp3) is 0.143. The summed E-state index contributed by atoms with van der Waals surface area (Å²) in [4.78, 5) is 0. The lowest BCUT2D eigenvalue weighted by molar-refractivity contribution is 0.598. The summed E-state index contributed by atoms with van der Waals surface area (Å²) < 4.78 is 15.4. The van der Waals surface area contributed by atoms with Crippen LogP contribution < -0.4 is 5.73 Å². The van der Waals surface area contributed by atoms with Crippen LogP contribution in [0.4, 0.5) is 4.39 Å². The molecule has 0 fully saturated rings. The molecule has 0 aromatic heterocycles. The first-order valence-electron chi connectivity index (χ1n) is 5.55. The maximum atomic E-state index is 14.0. The molecule has 0 saturated carbocycles. The zero-order valence-electron chi connectivity index (χ0n) is 10.1. The minimum atomic E-state index is -0.554. The zero-order valence-corrected chi connectivity index (χ0v) is 14.0. The van der Waals surface area contributed by atoms with Crippen molar-refractivity contribution in [3.05, 3.63) is 66.8 Å². The number of nitrogens with two attached hydrogens (primary N) is 1. The molecule has 0 saturated heterocycles. The molecule has 0 amide bonds. The largest absolute Gasteiger partial charge is 0.320 e. The van der Waals surface area contributed by atoms with E-state index in [1.165, 1.54) is 6.07 Å². The highest BCUT2D eigenvalue weighted by Crippen LogP contribution is 2.31. The Morgan fingerprint density at radius 2 is 1.84 bits per heavy atom. The van der Waals surface area contributed by atoms with Crippen LogP contribution >= 0.6 is 43.5 Å². The van der Waals surface area contributed by atoms with Gasteiger partial charge in [0, 0.05) is 14.5 Å². The first-order valence-corrected chi connectivity index (χ1v) is 7.52. The highest BCUT2D eigenvalue weighted by Gasteiger charge is 2.16. The van der Waals surface area contributed by atoms with Gasteiger partial charge in [0.2, 0.25) is 0 Å². The number of hydrogen-bond donors (Lipinski definition) is 1. The first-order chi connectivity index (χ1) is 8.88. The fourth-order valence-corrected chi connectivity index (χ4v) is 3.01. The number of aryl methyl sites for hydroxylation is 1. The van der Waals surface area contributed by atoms with Gasteiger partial charge < -0.3 is 5.73 Å². The van der Waals surface area contributed by atoms with Crippen molar-refractivity contribution in [1.29, 1.82) is 0 Å². The van der Waals surface area contributed by atoms with Crippen LogP contribution in [0.3, 0.4) is 0 Å². The van der Waals surface area contributed by atoms with Gasteiger partial charge in [-0.1, -0.05) is 33.6 Å². The number of benzene rings is 2. The van der Waals surface area contributed by atoms with E-state index in [9.17, 15) is 4.39 Å². The molecule has 0 aliphatic rings. The Morgan fingerprint density at radius 3 is 2.47 bits per heavy atom. The second-order valence-corrected chi connectivity index (χ2v) is 6.50. The van der Waals surface area contributed by atoms with E-state index < -0.39 is 6.04 Å². The third-order valence-corrected chi connectivity index (χ3v) is 4.45. The topological polar surface area (TPSA) is 26.0 Å². The van der Waals surface area contributed by atoms with Crippen LogP contribution in [0.25, 0.3) is 0 Å². The molecule has 2 aromatic rings. The van der Waals surface area contributed by atoms with E-state index in [-0.39, 0.29) is 5.82 Å². The molecular formula is C14H11Br2ClFN. The van der Waals surface area contributed by atoms with Crippen LogP contribution in [0.5, 0.6) is 0 Å². The monoisotopic (exact) mass is 405 g/mol. The predicted molar refractivity (Wildman–Crippen MR) is 84.0 cm³/mol. The molecule has 0 spiro atoms. The average molecular weight is 408 g/mol. The van der Waals surface area contributed by atoms with Gasteiger partial charge >= 0.3 is 0 Å².